The molecule has 0 radical (unpaired) electrons. The zero-order valence-corrected chi connectivity index (χ0v) is 12.9. The van der Waals surface area contributed by atoms with Crippen molar-refractivity contribution < 1.29 is 14.3 Å². The molecule has 6 nitrogen and oxygen atoms in total. The highest BCUT2D eigenvalue weighted by Gasteiger charge is 2.09. The van der Waals surface area contributed by atoms with E-state index in [1.807, 2.05) is 24.3 Å². The molecule has 1 heterocycles. The van der Waals surface area contributed by atoms with E-state index < -0.39 is 0 Å². The minimum atomic E-state index is -0.197. The molecule has 0 aliphatic carbocycles. The topological polar surface area (TPSA) is 76.2 Å². The Morgan fingerprint density at radius 1 is 1.27 bits per heavy atom. The number of methoxy groups -OCH3 is 1. The van der Waals surface area contributed by atoms with Crippen LogP contribution in [0.2, 0.25) is 0 Å². The Kier molecular flexibility index (Phi) is 5.82. The van der Waals surface area contributed by atoms with Gasteiger partial charge in [-0.25, -0.2) is 0 Å². The number of ether oxygens (including phenoxy) is 2. The largest absolute Gasteiger partial charge is 0.497 e. The third-order valence-corrected chi connectivity index (χ3v) is 3.10. The lowest BCUT2D eigenvalue weighted by Crippen LogP contribution is -2.28. The predicted octanol–water partition coefficient (Wildman–Crippen LogP) is 2.18. The molecule has 0 fully saturated rings. The van der Waals surface area contributed by atoms with Gasteiger partial charge in [-0.15, -0.1) is 0 Å². The summed E-state index contributed by atoms with van der Waals surface area (Å²) in [6, 6.07) is 9.08. The second kappa shape index (κ2) is 8.07. The molecule has 2 N–H and O–H groups in total. The molecule has 1 amide bonds. The van der Waals surface area contributed by atoms with Crippen LogP contribution in [0.4, 0.5) is 0 Å². The first-order valence-electron chi connectivity index (χ1n) is 7.32. The van der Waals surface area contributed by atoms with Crippen molar-refractivity contribution in [1.82, 2.24) is 15.5 Å². The van der Waals surface area contributed by atoms with E-state index in [9.17, 15) is 4.79 Å². The van der Waals surface area contributed by atoms with Crippen molar-refractivity contribution in [2.24, 2.45) is 0 Å². The summed E-state index contributed by atoms with van der Waals surface area (Å²) in [5.74, 6) is 1.32. The van der Waals surface area contributed by atoms with E-state index in [0.29, 0.717) is 18.8 Å². The van der Waals surface area contributed by atoms with Gasteiger partial charge in [0.15, 0.2) is 0 Å². The van der Waals surface area contributed by atoms with E-state index >= 15 is 0 Å². The molecule has 6 heteroatoms. The minimum Gasteiger partial charge on any atom is -0.497 e. The van der Waals surface area contributed by atoms with E-state index in [4.69, 9.17) is 9.47 Å². The average Bonchev–Trinajstić information content (AvgIpc) is 3.01. The van der Waals surface area contributed by atoms with Gasteiger partial charge in [-0.1, -0.05) is 13.3 Å². The van der Waals surface area contributed by atoms with Crippen LogP contribution in [0.3, 0.4) is 0 Å². The Balaban J connectivity index is 1.71. The van der Waals surface area contributed by atoms with Crippen LogP contribution in [0.25, 0.3) is 0 Å². The first-order chi connectivity index (χ1) is 10.7. The summed E-state index contributed by atoms with van der Waals surface area (Å²) in [4.78, 5) is 11.9. The molecule has 22 heavy (non-hydrogen) atoms. The van der Waals surface area contributed by atoms with Crippen LogP contribution >= 0.6 is 0 Å². The second-order valence-electron chi connectivity index (χ2n) is 4.81. The number of benzene rings is 1. The maximum atomic E-state index is 11.9. The summed E-state index contributed by atoms with van der Waals surface area (Å²) >= 11 is 0. The van der Waals surface area contributed by atoms with Crippen molar-refractivity contribution in [3.8, 4) is 11.5 Å². The molecular formula is C16H21N3O3. The minimum absolute atomic E-state index is 0.197. The SMILES string of the molecule is CCCc1cc(C(=O)NCCOc2ccc(OC)cc2)n[nH]1. The number of carbonyl (C=O) groups is 1. The Labute approximate surface area is 129 Å². The number of hydrogen-bond acceptors (Lipinski definition) is 4. The van der Waals surface area contributed by atoms with E-state index in [0.717, 1.165) is 30.0 Å². The van der Waals surface area contributed by atoms with Crippen molar-refractivity contribution in [2.45, 2.75) is 19.8 Å². The molecular weight excluding hydrogens is 282 g/mol. The molecule has 118 valence electrons. The summed E-state index contributed by atoms with van der Waals surface area (Å²) < 4.78 is 10.6. The van der Waals surface area contributed by atoms with Gasteiger partial charge in [0.2, 0.25) is 0 Å². The standard InChI is InChI=1S/C16H21N3O3/c1-3-4-12-11-15(19-18-12)16(20)17-9-10-22-14-7-5-13(21-2)6-8-14/h5-8,11H,3-4,9-10H2,1-2H3,(H,17,20)(H,18,19). The van der Waals surface area contributed by atoms with Crippen LogP contribution < -0.4 is 14.8 Å². The lowest BCUT2D eigenvalue weighted by Gasteiger charge is -2.07. The Morgan fingerprint density at radius 2 is 2.00 bits per heavy atom. The zero-order chi connectivity index (χ0) is 15.8. The molecule has 2 aromatic rings. The highest BCUT2D eigenvalue weighted by Crippen LogP contribution is 2.16. The highest BCUT2D eigenvalue weighted by molar-refractivity contribution is 5.92. The third kappa shape index (κ3) is 4.51. The van der Waals surface area contributed by atoms with E-state index in [-0.39, 0.29) is 5.91 Å². The summed E-state index contributed by atoms with van der Waals surface area (Å²) in [7, 11) is 1.62. The van der Waals surface area contributed by atoms with Crippen molar-refractivity contribution >= 4 is 5.91 Å². The molecule has 0 spiro atoms. The fourth-order valence-electron chi connectivity index (χ4n) is 1.97. The van der Waals surface area contributed by atoms with Gasteiger partial charge in [0.1, 0.15) is 23.8 Å². The maximum absolute atomic E-state index is 11.9. The maximum Gasteiger partial charge on any atom is 0.271 e. The number of amides is 1. The van der Waals surface area contributed by atoms with Gasteiger partial charge in [-0.2, -0.15) is 5.10 Å². The Bertz CT molecular complexity index is 593. The van der Waals surface area contributed by atoms with Gasteiger partial charge in [0.05, 0.1) is 13.7 Å². The van der Waals surface area contributed by atoms with E-state index in [1.165, 1.54) is 0 Å². The van der Waals surface area contributed by atoms with Crippen LogP contribution in [-0.4, -0.2) is 36.4 Å². The second-order valence-corrected chi connectivity index (χ2v) is 4.81. The van der Waals surface area contributed by atoms with Gasteiger partial charge < -0.3 is 14.8 Å². The van der Waals surface area contributed by atoms with Gasteiger partial charge in [0.25, 0.3) is 5.91 Å². The lowest BCUT2D eigenvalue weighted by molar-refractivity contribution is 0.0942. The predicted molar refractivity (Wildman–Crippen MR) is 83.4 cm³/mol. The van der Waals surface area contributed by atoms with E-state index in [2.05, 4.69) is 22.4 Å². The summed E-state index contributed by atoms with van der Waals surface area (Å²) in [6.07, 6.45) is 1.90. The monoisotopic (exact) mass is 303 g/mol. The van der Waals surface area contributed by atoms with Crippen molar-refractivity contribution in [2.75, 3.05) is 20.3 Å². The van der Waals surface area contributed by atoms with Crippen LogP contribution in [0.5, 0.6) is 11.5 Å². The molecule has 1 aromatic carbocycles. The van der Waals surface area contributed by atoms with Crippen LogP contribution in [0.15, 0.2) is 30.3 Å². The zero-order valence-electron chi connectivity index (χ0n) is 12.9. The van der Waals surface area contributed by atoms with Gasteiger partial charge in [-0.3, -0.25) is 9.89 Å². The summed E-state index contributed by atoms with van der Waals surface area (Å²) in [5.41, 5.74) is 1.38. The Morgan fingerprint density at radius 3 is 2.68 bits per heavy atom. The number of nitrogens with zero attached hydrogens (tertiary/aromatic N) is 1. The number of aromatic amines is 1. The first kappa shape index (κ1) is 15.9. The lowest BCUT2D eigenvalue weighted by atomic mass is 10.2. The molecule has 0 bridgehead atoms. The van der Waals surface area contributed by atoms with Crippen molar-refractivity contribution in [3.05, 3.63) is 41.7 Å². The number of H-pyrrole nitrogens is 1. The number of carbonyl (C=O) groups excluding carboxylic acids is 1. The van der Waals surface area contributed by atoms with Crippen molar-refractivity contribution in [1.29, 1.82) is 0 Å². The van der Waals surface area contributed by atoms with E-state index in [1.54, 1.807) is 13.2 Å². The average molecular weight is 303 g/mol. The number of hydrogen-bond donors (Lipinski definition) is 2. The molecule has 0 saturated heterocycles. The van der Waals surface area contributed by atoms with Gasteiger partial charge in [-0.05, 0) is 36.8 Å². The first-order valence-corrected chi connectivity index (χ1v) is 7.32. The van der Waals surface area contributed by atoms with Crippen LogP contribution in [-0.2, 0) is 6.42 Å². The van der Waals surface area contributed by atoms with Crippen LogP contribution in [0.1, 0.15) is 29.5 Å². The molecule has 0 aliphatic rings. The van der Waals surface area contributed by atoms with Crippen molar-refractivity contribution in [3.63, 3.8) is 0 Å². The molecule has 0 atom stereocenters. The Hall–Kier alpha value is -2.50. The molecule has 0 saturated carbocycles. The number of aryl methyl sites for hydroxylation is 1. The van der Waals surface area contributed by atoms with Gasteiger partial charge >= 0.3 is 0 Å². The summed E-state index contributed by atoms with van der Waals surface area (Å²) in [5, 5.41) is 9.64. The highest BCUT2D eigenvalue weighted by atomic mass is 16.5. The normalized spacial score (nSPS) is 10.3. The number of nitrogens with one attached hydrogen (secondary N) is 2. The number of rotatable bonds is 8. The fraction of sp³-hybridized carbons (Fsp3) is 0.375. The van der Waals surface area contributed by atoms with Gasteiger partial charge in [0, 0.05) is 5.69 Å². The fourth-order valence-corrected chi connectivity index (χ4v) is 1.97. The smallest absolute Gasteiger partial charge is 0.271 e. The molecule has 0 unspecified atom stereocenters. The molecule has 2 rings (SSSR count). The number of aromatic nitrogens is 2. The molecule has 0 aliphatic heterocycles. The van der Waals surface area contributed by atoms with Crippen LogP contribution in [0, 0.1) is 0 Å². The third-order valence-electron chi connectivity index (χ3n) is 3.10. The quantitative estimate of drug-likeness (QED) is 0.733. The summed E-state index contributed by atoms with van der Waals surface area (Å²) in [6.45, 7) is 2.89. The molecule has 1 aromatic heterocycles.